The van der Waals surface area contributed by atoms with Crippen LogP contribution in [0.4, 0.5) is 8.78 Å². The van der Waals surface area contributed by atoms with Crippen LogP contribution < -0.4 is 10.6 Å². The second-order valence-corrected chi connectivity index (χ2v) is 8.89. The fourth-order valence-corrected chi connectivity index (χ4v) is 4.34. The van der Waals surface area contributed by atoms with Crippen LogP contribution in [0, 0.1) is 11.6 Å². The van der Waals surface area contributed by atoms with E-state index in [0.29, 0.717) is 18.7 Å². The Hall–Kier alpha value is -3.97. The van der Waals surface area contributed by atoms with Crippen molar-refractivity contribution >= 4 is 27.8 Å². The van der Waals surface area contributed by atoms with Gasteiger partial charge in [-0.2, -0.15) is 0 Å². The molecule has 1 unspecified atom stereocenters. The van der Waals surface area contributed by atoms with Gasteiger partial charge in [0.05, 0.1) is 12.1 Å². The van der Waals surface area contributed by atoms with E-state index < -0.39 is 17.2 Å². The molecule has 0 bridgehead atoms. The average Bonchev–Trinajstić information content (AvgIpc) is 3.47. The number of halogens is 2. The van der Waals surface area contributed by atoms with Crippen LogP contribution in [0.1, 0.15) is 23.8 Å². The molecular formula is C28H25F2N3O2. The summed E-state index contributed by atoms with van der Waals surface area (Å²) in [5, 5.41) is 8.13. The van der Waals surface area contributed by atoms with Crippen LogP contribution in [-0.4, -0.2) is 16.4 Å². The Kier molecular flexibility index (Phi) is 6.09. The zero-order valence-electron chi connectivity index (χ0n) is 19.2. The molecule has 5 rings (SSSR count). The van der Waals surface area contributed by atoms with Crippen molar-refractivity contribution in [3.8, 4) is 0 Å². The molecule has 2 heterocycles. The number of hydrogen-bond donors (Lipinski definition) is 3. The van der Waals surface area contributed by atoms with E-state index in [2.05, 4.69) is 15.6 Å². The summed E-state index contributed by atoms with van der Waals surface area (Å²) in [4.78, 5) is 16.7. The number of carbonyl (C=O) groups excluding carboxylic acids is 1. The summed E-state index contributed by atoms with van der Waals surface area (Å²) >= 11 is 0. The topological polar surface area (TPSA) is 70.1 Å². The molecular weight excluding hydrogens is 448 g/mol. The third kappa shape index (κ3) is 4.81. The summed E-state index contributed by atoms with van der Waals surface area (Å²) in [6.45, 7) is 1.99. The van der Waals surface area contributed by atoms with E-state index >= 15 is 0 Å². The van der Waals surface area contributed by atoms with Crippen molar-refractivity contribution < 1.29 is 18.0 Å². The van der Waals surface area contributed by atoms with Gasteiger partial charge in [-0.25, -0.2) is 8.78 Å². The number of para-hydroxylation sites is 2. The van der Waals surface area contributed by atoms with E-state index in [9.17, 15) is 13.6 Å². The zero-order chi connectivity index (χ0) is 24.4. The maximum Gasteiger partial charge on any atom is 0.240 e. The normalized spacial score (nSPS) is 13.2. The van der Waals surface area contributed by atoms with E-state index in [1.54, 1.807) is 6.92 Å². The standard InChI is InChI=1S/C28H25F2N3O2/c1-28(14-20-16-31-25-8-4-3-7-23(20)25,27(34)32-15-19-12-21(29)10-11-24(19)30)33-17-22-13-18-6-2-5-9-26(18)35-22/h2-13,16,31,33H,14-15,17H2,1H3,(H,32,34). The number of H-pyrrole nitrogens is 1. The number of hydrogen-bond acceptors (Lipinski definition) is 3. The van der Waals surface area contributed by atoms with Gasteiger partial charge in [0.2, 0.25) is 5.91 Å². The third-order valence-corrected chi connectivity index (χ3v) is 6.30. The summed E-state index contributed by atoms with van der Waals surface area (Å²) in [5.41, 5.74) is 1.74. The van der Waals surface area contributed by atoms with Gasteiger partial charge in [-0.1, -0.05) is 36.4 Å². The molecule has 0 radical (unpaired) electrons. The van der Waals surface area contributed by atoms with Crippen LogP contribution in [0.3, 0.4) is 0 Å². The molecule has 2 aromatic heterocycles. The molecule has 0 spiro atoms. The monoisotopic (exact) mass is 473 g/mol. The highest BCUT2D eigenvalue weighted by molar-refractivity contribution is 5.89. The van der Waals surface area contributed by atoms with Gasteiger partial charge in [0.1, 0.15) is 23.0 Å². The molecule has 5 nitrogen and oxygen atoms in total. The highest BCUT2D eigenvalue weighted by Gasteiger charge is 2.34. The number of rotatable bonds is 8. The molecule has 3 aromatic carbocycles. The Labute approximate surface area is 201 Å². The van der Waals surface area contributed by atoms with Gasteiger partial charge in [0, 0.05) is 41.0 Å². The Morgan fingerprint density at radius 1 is 0.971 bits per heavy atom. The maximum absolute atomic E-state index is 14.1. The predicted octanol–water partition coefficient (Wildman–Crippen LogP) is 5.60. The summed E-state index contributed by atoms with van der Waals surface area (Å²) < 4.78 is 33.6. The minimum Gasteiger partial charge on any atom is -0.460 e. The van der Waals surface area contributed by atoms with Crippen LogP contribution in [0.2, 0.25) is 0 Å². The summed E-state index contributed by atoms with van der Waals surface area (Å²) in [7, 11) is 0. The predicted molar refractivity (Wildman–Crippen MR) is 132 cm³/mol. The molecule has 0 saturated carbocycles. The van der Waals surface area contributed by atoms with Gasteiger partial charge in [-0.05, 0) is 48.9 Å². The van der Waals surface area contributed by atoms with Crippen LogP contribution in [0.25, 0.3) is 21.9 Å². The fourth-order valence-electron chi connectivity index (χ4n) is 4.34. The Balaban J connectivity index is 1.40. The number of benzene rings is 3. The van der Waals surface area contributed by atoms with Crippen molar-refractivity contribution in [2.24, 2.45) is 0 Å². The highest BCUT2D eigenvalue weighted by Crippen LogP contribution is 2.25. The van der Waals surface area contributed by atoms with E-state index in [1.807, 2.05) is 60.8 Å². The van der Waals surface area contributed by atoms with Crippen LogP contribution in [0.5, 0.6) is 0 Å². The molecule has 178 valence electrons. The number of fused-ring (bicyclic) bond motifs is 2. The highest BCUT2D eigenvalue weighted by atomic mass is 19.1. The lowest BCUT2D eigenvalue weighted by molar-refractivity contribution is -0.127. The Morgan fingerprint density at radius 3 is 2.63 bits per heavy atom. The van der Waals surface area contributed by atoms with Gasteiger partial charge in [0.15, 0.2) is 0 Å². The van der Waals surface area contributed by atoms with Crippen LogP contribution in [-0.2, 0) is 24.3 Å². The van der Waals surface area contributed by atoms with Crippen molar-refractivity contribution in [2.75, 3.05) is 0 Å². The fraction of sp³-hybridized carbons (Fsp3) is 0.179. The smallest absolute Gasteiger partial charge is 0.240 e. The number of aromatic nitrogens is 1. The molecule has 0 aliphatic carbocycles. The van der Waals surface area contributed by atoms with Gasteiger partial charge >= 0.3 is 0 Å². The molecule has 35 heavy (non-hydrogen) atoms. The van der Waals surface area contributed by atoms with E-state index in [-0.39, 0.29) is 18.0 Å². The average molecular weight is 474 g/mol. The summed E-state index contributed by atoms with van der Waals surface area (Å²) in [5.74, 6) is -0.761. The van der Waals surface area contributed by atoms with E-state index in [0.717, 1.165) is 45.6 Å². The third-order valence-electron chi connectivity index (χ3n) is 6.30. The maximum atomic E-state index is 14.1. The van der Waals surface area contributed by atoms with Crippen molar-refractivity contribution in [1.82, 2.24) is 15.6 Å². The summed E-state index contributed by atoms with van der Waals surface area (Å²) in [6.07, 6.45) is 2.26. The molecule has 1 amide bonds. The van der Waals surface area contributed by atoms with Gasteiger partial charge < -0.3 is 14.7 Å². The Morgan fingerprint density at radius 2 is 1.77 bits per heavy atom. The SMILES string of the molecule is CC(Cc1c[nH]c2ccccc12)(NCc1cc2ccccc2o1)C(=O)NCc1cc(F)ccc1F. The lowest BCUT2D eigenvalue weighted by Crippen LogP contribution is -2.55. The summed E-state index contributed by atoms with van der Waals surface area (Å²) in [6, 6.07) is 20.7. The van der Waals surface area contributed by atoms with Gasteiger partial charge in [-0.15, -0.1) is 0 Å². The number of aromatic amines is 1. The first kappa shape index (κ1) is 22.8. The largest absolute Gasteiger partial charge is 0.460 e. The number of furan rings is 1. The second-order valence-electron chi connectivity index (χ2n) is 8.89. The van der Waals surface area contributed by atoms with Crippen LogP contribution >= 0.6 is 0 Å². The van der Waals surface area contributed by atoms with E-state index in [1.165, 1.54) is 0 Å². The molecule has 3 N–H and O–H groups in total. The zero-order valence-corrected chi connectivity index (χ0v) is 19.2. The number of amides is 1. The molecule has 1 atom stereocenters. The quantitative estimate of drug-likeness (QED) is 0.275. The molecule has 0 aliphatic heterocycles. The Bertz CT molecular complexity index is 1470. The van der Waals surface area contributed by atoms with Crippen molar-refractivity contribution in [2.45, 2.75) is 32.0 Å². The number of nitrogens with one attached hydrogen (secondary N) is 3. The number of carbonyl (C=O) groups is 1. The lowest BCUT2D eigenvalue weighted by Gasteiger charge is -2.29. The molecule has 0 fully saturated rings. The van der Waals surface area contributed by atoms with E-state index in [4.69, 9.17) is 4.42 Å². The first-order valence-corrected chi connectivity index (χ1v) is 11.4. The second kappa shape index (κ2) is 9.35. The minimum absolute atomic E-state index is 0.0880. The first-order valence-electron chi connectivity index (χ1n) is 11.4. The van der Waals surface area contributed by atoms with Gasteiger partial charge in [-0.3, -0.25) is 10.1 Å². The first-order chi connectivity index (χ1) is 16.9. The van der Waals surface area contributed by atoms with Crippen LogP contribution in [0.15, 0.2) is 83.4 Å². The van der Waals surface area contributed by atoms with Crippen molar-refractivity contribution in [1.29, 1.82) is 0 Å². The van der Waals surface area contributed by atoms with Crippen molar-refractivity contribution in [3.63, 3.8) is 0 Å². The molecule has 0 aliphatic rings. The lowest BCUT2D eigenvalue weighted by atomic mass is 9.91. The molecule has 0 saturated heterocycles. The minimum atomic E-state index is -1.06. The van der Waals surface area contributed by atoms with Gasteiger partial charge in [0.25, 0.3) is 0 Å². The van der Waals surface area contributed by atoms with Crippen molar-refractivity contribution in [3.05, 3.63) is 108 Å². The molecule has 7 heteroatoms. The molecule has 5 aromatic rings.